The zero-order valence-corrected chi connectivity index (χ0v) is 22.1. The average molecular weight is 603 g/mol. The molecule has 2 heterocycles. The van der Waals surface area contributed by atoms with E-state index in [0.717, 1.165) is 0 Å². The minimum Gasteiger partial charge on any atom is -0.494 e. The van der Waals surface area contributed by atoms with Crippen LogP contribution in [0.2, 0.25) is 0 Å². The van der Waals surface area contributed by atoms with Gasteiger partial charge in [-0.05, 0) is 37.1 Å². The highest BCUT2D eigenvalue weighted by atomic mass is 32.2. The number of piperidine rings is 1. The van der Waals surface area contributed by atoms with Crippen molar-refractivity contribution in [1.82, 2.24) is 20.2 Å². The van der Waals surface area contributed by atoms with E-state index >= 15 is 0 Å². The van der Waals surface area contributed by atoms with Crippen molar-refractivity contribution in [2.45, 2.75) is 47.8 Å². The molecule has 0 saturated carbocycles. The van der Waals surface area contributed by atoms with Crippen LogP contribution in [-0.2, 0) is 38.3 Å². The number of hydrogen-bond donors (Lipinski definition) is 2. The summed E-state index contributed by atoms with van der Waals surface area (Å²) in [6, 6.07) is 4.88. The second-order valence-corrected chi connectivity index (χ2v) is 11.3. The first-order chi connectivity index (χ1) is 18.7. The topological polar surface area (TPSA) is 123 Å². The van der Waals surface area contributed by atoms with Gasteiger partial charge in [-0.3, -0.25) is 14.7 Å². The summed E-state index contributed by atoms with van der Waals surface area (Å²) >= 11 is 0. The minimum atomic E-state index is -5.04. The van der Waals surface area contributed by atoms with Gasteiger partial charge in [0.05, 0.1) is 18.1 Å². The van der Waals surface area contributed by atoms with Crippen molar-refractivity contribution >= 4 is 15.7 Å². The lowest BCUT2D eigenvalue weighted by Gasteiger charge is -2.39. The number of ether oxygens (including phenoxy) is 2. The summed E-state index contributed by atoms with van der Waals surface area (Å²) in [7, 11) is -2.75. The minimum absolute atomic E-state index is 0.0622. The molecule has 0 unspecified atom stereocenters. The molecule has 1 amide bonds. The number of hydroxylamine groups is 1. The number of amides is 1. The number of benzene rings is 1. The first-order valence-corrected chi connectivity index (χ1v) is 13.5. The smallest absolute Gasteiger partial charge is 0.435 e. The lowest BCUT2D eigenvalue weighted by Crippen LogP contribution is -2.57. The van der Waals surface area contributed by atoms with Crippen LogP contribution in [0.3, 0.4) is 0 Å². The highest BCUT2D eigenvalue weighted by molar-refractivity contribution is 7.93. The van der Waals surface area contributed by atoms with Gasteiger partial charge < -0.3 is 14.4 Å². The van der Waals surface area contributed by atoms with Gasteiger partial charge in [0, 0.05) is 45.8 Å². The number of alkyl halides is 6. The summed E-state index contributed by atoms with van der Waals surface area (Å²) in [4.78, 5) is 14.3. The number of halogens is 6. The number of carbonyl (C=O) groups is 1. The van der Waals surface area contributed by atoms with Crippen molar-refractivity contribution in [1.29, 1.82) is 0 Å². The van der Waals surface area contributed by atoms with Crippen LogP contribution in [0.25, 0.3) is 0 Å². The maximum absolute atomic E-state index is 13.5. The molecule has 1 saturated heterocycles. The summed E-state index contributed by atoms with van der Waals surface area (Å²) in [6.45, 7) is 0.784. The van der Waals surface area contributed by atoms with E-state index in [1.807, 2.05) is 4.90 Å². The molecule has 2 N–H and O–H groups in total. The van der Waals surface area contributed by atoms with Crippen LogP contribution in [0, 0.1) is 0 Å². The number of nitrogens with zero attached hydrogens (tertiary/aromatic N) is 3. The van der Waals surface area contributed by atoms with Crippen LogP contribution >= 0.6 is 0 Å². The van der Waals surface area contributed by atoms with Gasteiger partial charge in [0.15, 0.2) is 20.3 Å². The first-order valence-electron chi connectivity index (χ1n) is 12.0. The summed E-state index contributed by atoms with van der Waals surface area (Å²) in [5.74, 6) is -0.911. The third kappa shape index (κ3) is 6.87. The highest BCUT2D eigenvalue weighted by Gasteiger charge is 2.53. The van der Waals surface area contributed by atoms with Gasteiger partial charge in [-0.1, -0.05) is 0 Å². The Morgan fingerprint density at radius 3 is 2.20 bits per heavy atom. The lowest BCUT2D eigenvalue weighted by molar-refractivity contribution is -0.144. The highest BCUT2D eigenvalue weighted by Crippen LogP contribution is 2.37. The van der Waals surface area contributed by atoms with E-state index < -0.39 is 50.8 Å². The Balaban J connectivity index is 1.66. The van der Waals surface area contributed by atoms with Gasteiger partial charge >= 0.3 is 12.4 Å². The van der Waals surface area contributed by atoms with Crippen LogP contribution in [0.15, 0.2) is 35.2 Å². The number of sulfone groups is 1. The second-order valence-electron chi connectivity index (χ2n) is 9.08. The van der Waals surface area contributed by atoms with Crippen molar-refractivity contribution in [3.63, 3.8) is 0 Å². The monoisotopic (exact) mass is 602 g/mol. The molecule has 0 radical (unpaired) electrons. The fourth-order valence-corrected chi connectivity index (χ4v) is 6.33. The summed E-state index contributed by atoms with van der Waals surface area (Å²) in [5, 5.41) is 12.3. The van der Waals surface area contributed by atoms with E-state index in [9.17, 15) is 44.8 Å². The van der Waals surface area contributed by atoms with Gasteiger partial charge in [-0.15, -0.1) is 0 Å². The average Bonchev–Trinajstić information content (AvgIpc) is 3.36. The molecule has 2 aromatic rings. The summed E-state index contributed by atoms with van der Waals surface area (Å²) in [5.41, 5.74) is -1.74. The van der Waals surface area contributed by atoms with Gasteiger partial charge in [0.1, 0.15) is 11.4 Å². The Bertz CT molecular complexity index is 1260. The number of likely N-dealkylation sites (tertiary alicyclic amines) is 1. The van der Waals surface area contributed by atoms with Crippen LogP contribution in [0.1, 0.15) is 30.7 Å². The van der Waals surface area contributed by atoms with E-state index in [-0.39, 0.29) is 60.4 Å². The van der Waals surface area contributed by atoms with Gasteiger partial charge in [-0.25, -0.2) is 13.9 Å². The first kappa shape index (κ1) is 31.6. The lowest BCUT2D eigenvalue weighted by atomic mass is 9.95. The maximum atomic E-state index is 13.5. The third-order valence-corrected chi connectivity index (χ3v) is 9.10. The second kappa shape index (κ2) is 12.3. The Labute approximate surface area is 225 Å². The maximum Gasteiger partial charge on any atom is 0.435 e. The Kier molecular flexibility index (Phi) is 9.74. The summed E-state index contributed by atoms with van der Waals surface area (Å²) in [6.07, 6.45) is -10.4. The number of hydrogen-bond acceptors (Lipinski definition) is 8. The Hall–Kier alpha value is -2.89. The predicted octanol–water partition coefficient (Wildman–Crippen LogP) is 3.15. The molecular weight excluding hydrogens is 574 g/mol. The van der Waals surface area contributed by atoms with Crippen molar-refractivity contribution in [3.8, 4) is 5.75 Å². The molecule has 0 bridgehead atoms. The molecule has 1 aliphatic heterocycles. The van der Waals surface area contributed by atoms with Crippen molar-refractivity contribution in [2.75, 3.05) is 40.0 Å². The molecule has 40 heavy (non-hydrogen) atoms. The molecule has 1 aliphatic rings. The number of rotatable bonds is 11. The van der Waals surface area contributed by atoms with Gasteiger partial charge in [0.2, 0.25) is 0 Å². The molecule has 0 spiro atoms. The predicted molar refractivity (Wildman–Crippen MR) is 126 cm³/mol. The number of nitrogens with one attached hydrogen (secondary N) is 1. The van der Waals surface area contributed by atoms with E-state index in [4.69, 9.17) is 9.47 Å². The van der Waals surface area contributed by atoms with Gasteiger partial charge in [-0.2, -0.15) is 31.4 Å². The molecule has 1 aromatic heterocycles. The number of methoxy groups -OCH3 is 1. The zero-order valence-electron chi connectivity index (χ0n) is 21.3. The fraction of sp³-hybridized carbons (Fsp3) is 0.565. The molecule has 224 valence electrons. The number of aromatic nitrogens is 2. The normalized spacial score (nSPS) is 16.6. The Morgan fingerprint density at radius 1 is 1.05 bits per heavy atom. The number of carbonyl (C=O) groups excluding carboxylic acids is 1. The van der Waals surface area contributed by atoms with E-state index in [0.29, 0.717) is 13.2 Å². The molecular formula is C23H28F6N4O6S. The SMILES string of the molecule is COCCN1CCC(C(=O)NO)(S(=O)(=O)c2ccc(OCCCn3nc(C(F)(F)F)cc3C(F)(F)F)cc2)CC1. The zero-order chi connectivity index (χ0) is 29.8. The van der Waals surface area contributed by atoms with Gasteiger partial charge in [0.25, 0.3) is 5.91 Å². The van der Waals surface area contributed by atoms with Crippen LogP contribution in [-0.4, -0.2) is 78.9 Å². The number of aryl methyl sites for hydroxylation is 1. The summed E-state index contributed by atoms with van der Waals surface area (Å²) < 4.78 is 114. The molecule has 1 aromatic carbocycles. The van der Waals surface area contributed by atoms with E-state index in [2.05, 4.69) is 5.10 Å². The van der Waals surface area contributed by atoms with Crippen LogP contribution < -0.4 is 10.2 Å². The molecule has 10 nitrogen and oxygen atoms in total. The fourth-order valence-electron chi connectivity index (χ4n) is 4.38. The van der Waals surface area contributed by atoms with Crippen molar-refractivity contribution < 1.29 is 54.2 Å². The molecule has 0 aliphatic carbocycles. The van der Waals surface area contributed by atoms with E-state index in [1.54, 1.807) is 0 Å². The van der Waals surface area contributed by atoms with Crippen molar-refractivity contribution in [2.24, 2.45) is 0 Å². The Morgan fingerprint density at radius 2 is 1.68 bits per heavy atom. The third-order valence-electron chi connectivity index (χ3n) is 6.58. The largest absolute Gasteiger partial charge is 0.494 e. The molecule has 0 atom stereocenters. The molecule has 1 fully saturated rings. The van der Waals surface area contributed by atoms with Crippen LogP contribution in [0.4, 0.5) is 26.3 Å². The van der Waals surface area contributed by atoms with Crippen LogP contribution in [0.5, 0.6) is 5.75 Å². The standard InChI is InChI=1S/C23H28F6N4O6S/c1-38-14-12-32-10-7-21(8-11-32,20(34)31-35)40(36,37)17-5-3-16(4-6-17)39-13-2-9-33-19(23(27,28)29)15-18(30-33)22(24,25)26/h3-6,15,35H,2,7-14H2,1H3,(H,31,34). The van der Waals surface area contributed by atoms with Crippen molar-refractivity contribution in [3.05, 3.63) is 41.7 Å². The quantitative estimate of drug-likeness (QED) is 0.174. The molecule has 3 rings (SSSR count). The van der Waals surface area contributed by atoms with E-state index in [1.165, 1.54) is 36.9 Å². The molecule has 17 heteroatoms.